The zero-order valence-electron chi connectivity index (χ0n) is 11.1. The van der Waals surface area contributed by atoms with Crippen LogP contribution in [0.25, 0.3) is 0 Å². The van der Waals surface area contributed by atoms with Crippen molar-refractivity contribution in [3.63, 3.8) is 0 Å². The van der Waals surface area contributed by atoms with E-state index < -0.39 is 0 Å². The Bertz CT molecular complexity index is 403. The second-order valence-corrected chi connectivity index (χ2v) is 4.60. The zero-order chi connectivity index (χ0) is 12.7. The summed E-state index contributed by atoms with van der Waals surface area (Å²) >= 11 is 1.52. The molecule has 0 unspecified atom stereocenters. The predicted octanol–water partition coefficient (Wildman–Crippen LogP) is 3.09. The molecule has 0 amide bonds. The molecule has 0 bridgehead atoms. The molecule has 0 spiro atoms. The van der Waals surface area contributed by atoms with Crippen LogP contribution in [0.3, 0.4) is 0 Å². The van der Waals surface area contributed by atoms with E-state index in [1.165, 1.54) is 11.8 Å². The Labute approximate surface area is 131 Å². The van der Waals surface area contributed by atoms with E-state index in [1.54, 1.807) is 0 Å². The van der Waals surface area contributed by atoms with Gasteiger partial charge in [0.1, 0.15) is 5.75 Å². The fourth-order valence-electron chi connectivity index (χ4n) is 1.40. The maximum atomic E-state index is 5.75. The normalized spacial score (nSPS) is 10.4. The smallest absolute Gasteiger partial charge is 0.159 e. The van der Waals surface area contributed by atoms with Crippen LogP contribution in [-0.2, 0) is 6.54 Å². The van der Waals surface area contributed by atoms with Crippen molar-refractivity contribution < 1.29 is 4.74 Å². The van der Waals surface area contributed by atoms with Crippen molar-refractivity contribution >= 4 is 47.4 Å². The van der Waals surface area contributed by atoms with Crippen LogP contribution in [-0.4, -0.2) is 17.5 Å². The summed E-state index contributed by atoms with van der Waals surface area (Å²) in [5.41, 5.74) is 13.2. The summed E-state index contributed by atoms with van der Waals surface area (Å²) in [6.07, 6.45) is 0. The molecule has 0 heterocycles. The zero-order valence-corrected chi connectivity index (χ0v) is 13.5. The molecule has 1 aromatic rings. The molecule has 0 fully saturated rings. The highest BCUT2D eigenvalue weighted by molar-refractivity contribution is 8.13. The van der Waals surface area contributed by atoms with E-state index in [9.17, 15) is 0 Å². The van der Waals surface area contributed by atoms with Crippen molar-refractivity contribution in [2.45, 2.75) is 20.4 Å². The number of thioether (sulfide) groups is 1. The molecule has 0 atom stereocenters. The Balaban J connectivity index is 0. The molecule has 110 valence electrons. The highest BCUT2D eigenvalue weighted by atomic mass is 35.5. The summed E-state index contributed by atoms with van der Waals surface area (Å²) < 4.78 is 5.47. The Morgan fingerprint density at radius 3 is 2.53 bits per heavy atom. The number of ether oxygens (including phenoxy) is 1. The van der Waals surface area contributed by atoms with E-state index in [1.807, 2.05) is 32.0 Å². The van der Waals surface area contributed by atoms with Gasteiger partial charge in [0.15, 0.2) is 5.17 Å². The van der Waals surface area contributed by atoms with Crippen LogP contribution in [0.2, 0.25) is 0 Å². The van der Waals surface area contributed by atoms with Gasteiger partial charge < -0.3 is 16.2 Å². The van der Waals surface area contributed by atoms with Gasteiger partial charge in [-0.15, -0.1) is 24.8 Å². The van der Waals surface area contributed by atoms with E-state index in [0.29, 0.717) is 18.3 Å². The molecule has 19 heavy (non-hydrogen) atoms. The fourth-order valence-corrected chi connectivity index (χ4v) is 1.86. The number of hydrogen-bond acceptors (Lipinski definition) is 4. The van der Waals surface area contributed by atoms with Crippen LogP contribution in [0.4, 0.5) is 5.69 Å². The van der Waals surface area contributed by atoms with Gasteiger partial charge in [0.2, 0.25) is 0 Å². The largest absolute Gasteiger partial charge is 0.494 e. The van der Waals surface area contributed by atoms with Gasteiger partial charge in [0, 0.05) is 12.1 Å². The monoisotopic (exact) mass is 325 g/mol. The van der Waals surface area contributed by atoms with Crippen molar-refractivity contribution in [3.05, 3.63) is 23.8 Å². The Hall–Kier alpha value is -0.620. The lowest BCUT2D eigenvalue weighted by atomic mass is 10.2. The molecular formula is C12H21Cl2N3OS. The first kappa shape index (κ1) is 20.7. The van der Waals surface area contributed by atoms with Crippen molar-refractivity contribution in [1.82, 2.24) is 0 Å². The first-order valence-electron chi connectivity index (χ1n) is 5.64. The first-order valence-corrected chi connectivity index (χ1v) is 6.62. The van der Waals surface area contributed by atoms with Gasteiger partial charge in [0.25, 0.3) is 0 Å². The summed E-state index contributed by atoms with van der Waals surface area (Å²) in [4.78, 5) is 4.30. The quantitative estimate of drug-likeness (QED) is 0.644. The van der Waals surface area contributed by atoms with Crippen molar-refractivity contribution in [3.8, 4) is 5.75 Å². The summed E-state index contributed by atoms with van der Waals surface area (Å²) in [5, 5.41) is 0.569. The molecule has 0 saturated heterocycles. The van der Waals surface area contributed by atoms with Crippen LogP contribution in [0.5, 0.6) is 5.75 Å². The van der Waals surface area contributed by atoms with Crippen molar-refractivity contribution in [2.24, 2.45) is 16.5 Å². The first-order chi connectivity index (χ1) is 8.21. The molecule has 0 saturated carbocycles. The maximum absolute atomic E-state index is 5.75. The Kier molecular flexibility index (Phi) is 12.2. The maximum Gasteiger partial charge on any atom is 0.159 e. The number of rotatable bonds is 5. The Morgan fingerprint density at radius 1 is 1.32 bits per heavy atom. The van der Waals surface area contributed by atoms with E-state index in [-0.39, 0.29) is 24.8 Å². The highest BCUT2D eigenvalue weighted by Gasteiger charge is 2.03. The third kappa shape index (κ3) is 6.92. The Morgan fingerprint density at radius 2 is 2.00 bits per heavy atom. The minimum Gasteiger partial charge on any atom is -0.494 e. The van der Waals surface area contributed by atoms with Gasteiger partial charge in [-0.3, -0.25) is 0 Å². The number of hydrogen-bond donors (Lipinski definition) is 2. The summed E-state index contributed by atoms with van der Waals surface area (Å²) in [7, 11) is 0. The van der Waals surface area contributed by atoms with Gasteiger partial charge in [-0.05, 0) is 30.9 Å². The molecule has 1 rings (SSSR count). The van der Waals surface area contributed by atoms with E-state index in [0.717, 1.165) is 22.8 Å². The lowest BCUT2D eigenvalue weighted by Gasteiger charge is -2.09. The number of halogens is 2. The molecule has 0 aliphatic rings. The van der Waals surface area contributed by atoms with Crippen molar-refractivity contribution in [1.29, 1.82) is 0 Å². The average Bonchev–Trinajstić information content (AvgIpc) is 2.31. The van der Waals surface area contributed by atoms with Gasteiger partial charge in [0.05, 0.1) is 12.3 Å². The number of aliphatic imine (C=N–C) groups is 1. The lowest BCUT2D eigenvalue weighted by Crippen LogP contribution is -2.06. The third-order valence-electron chi connectivity index (χ3n) is 2.10. The molecule has 0 aromatic heterocycles. The van der Waals surface area contributed by atoms with Gasteiger partial charge in [-0.1, -0.05) is 18.7 Å². The second-order valence-electron chi connectivity index (χ2n) is 3.31. The number of amidine groups is 1. The highest BCUT2D eigenvalue weighted by Crippen LogP contribution is 2.24. The minimum atomic E-state index is 0. The van der Waals surface area contributed by atoms with Crippen LogP contribution in [0, 0.1) is 0 Å². The van der Waals surface area contributed by atoms with Crippen LogP contribution >= 0.6 is 36.6 Å². The topological polar surface area (TPSA) is 73.6 Å². The second kappa shape index (κ2) is 11.2. The van der Waals surface area contributed by atoms with Gasteiger partial charge >= 0.3 is 0 Å². The molecule has 0 aliphatic carbocycles. The third-order valence-corrected chi connectivity index (χ3v) is 2.77. The van der Waals surface area contributed by atoms with Crippen LogP contribution in [0.15, 0.2) is 23.2 Å². The molecule has 0 aliphatic heterocycles. The number of nitrogens with two attached hydrogens (primary N) is 2. The molecule has 7 heteroatoms. The summed E-state index contributed by atoms with van der Waals surface area (Å²) in [6.45, 7) is 5.04. The van der Waals surface area contributed by atoms with Crippen LogP contribution < -0.4 is 16.2 Å². The van der Waals surface area contributed by atoms with E-state index in [4.69, 9.17) is 16.2 Å². The standard InChI is InChI=1S/C12H19N3OS.2ClH/c1-3-16-11-6-5-10(7-9(11)8-13)15-12(14)17-4-2;;/h5-7H,3-4,8,13H2,1-2H3,(H2,14,15);2*1H. The molecule has 4 N–H and O–H groups in total. The molecule has 1 aromatic carbocycles. The van der Waals surface area contributed by atoms with E-state index >= 15 is 0 Å². The SMILES string of the molecule is CCOc1ccc(N=C(N)SCC)cc1CN.Cl.Cl. The molecule has 4 nitrogen and oxygen atoms in total. The number of benzene rings is 1. The van der Waals surface area contributed by atoms with Gasteiger partial charge in [-0.25, -0.2) is 4.99 Å². The molecular weight excluding hydrogens is 305 g/mol. The fraction of sp³-hybridized carbons (Fsp3) is 0.417. The van der Waals surface area contributed by atoms with Crippen LogP contribution in [0.1, 0.15) is 19.4 Å². The van der Waals surface area contributed by atoms with Gasteiger partial charge in [-0.2, -0.15) is 0 Å². The van der Waals surface area contributed by atoms with Crippen molar-refractivity contribution in [2.75, 3.05) is 12.4 Å². The molecule has 0 radical (unpaired) electrons. The lowest BCUT2D eigenvalue weighted by molar-refractivity contribution is 0.336. The number of nitrogens with zero attached hydrogens (tertiary/aromatic N) is 1. The summed E-state index contributed by atoms with van der Waals surface area (Å²) in [5.74, 6) is 1.73. The van der Waals surface area contributed by atoms with E-state index in [2.05, 4.69) is 4.99 Å². The summed E-state index contributed by atoms with van der Waals surface area (Å²) in [6, 6.07) is 5.68. The predicted molar refractivity (Wildman–Crippen MR) is 89.4 cm³/mol. The minimum absolute atomic E-state index is 0. The average molecular weight is 326 g/mol.